The maximum absolute atomic E-state index is 13.8. The summed E-state index contributed by atoms with van der Waals surface area (Å²) in [5, 5.41) is 0. The van der Waals surface area contributed by atoms with Gasteiger partial charge in [-0.05, 0) is 19.1 Å². The van der Waals surface area contributed by atoms with Gasteiger partial charge in [0.2, 0.25) is 0 Å². The number of nitrogens with two attached hydrogens (primary N) is 1. The Labute approximate surface area is 109 Å². The normalized spacial score (nSPS) is 10.5. The minimum absolute atomic E-state index is 0.0343. The molecule has 0 atom stereocenters. The third-order valence-electron chi connectivity index (χ3n) is 2.70. The molecule has 0 amide bonds. The van der Waals surface area contributed by atoms with E-state index in [2.05, 4.69) is 9.97 Å². The van der Waals surface area contributed by atoms with E-state index in [1.54, 1.807) is 17.2 Å². The van der Waals surface area contributed by atoms with Crippen molar-refractivity contribution in [2.75, 3.05) is 17.2 Å². The first-order chi connectivity index (χ1) is 9.11. The van der Waals surface area contributed by atoms with Gasteiger partial charge in [-0.25, -0.2) is 13.8 Å². The summed E-state index contributed by atoms with van der Waals surface area (Å²) in [5.74, 6) is -1.86. The molecule has 4 nitrogen and oxygen atoms in total. The molecule has 19 heavy (non-hydrogen) atoms. The van der Waals surface area contributed by atoms with Gasteiger partial charge < -0.3 is 10.6 Å². The zero-order chi connectivity index (χ0) is 13.8. The van der Waals surface area contributed by atoms with Gasteiger partial charge in [-0.1, -0.05) is 6.07 Å². The van der Waals surface area contributed by atoms with Crippen LogP contribution in [0.2, 0.25) is 0 Å². The number of halogens is 2. The van der Waals surface area contributed by atoms with Crippen molar-refractivity contribution in [3.8, 4) is 0 Å². The molecule has 0 saturated carbocycles. The van der Waals surface area contributed by atoms with E-state index in [-0.39, 0.29) is 11.6 Å². The van der Waals surface area contributed by atoms with Gasteiger partial charge in [0.25, 0.3) is 0 Å². The maximum atomic E-state index is 13.8. The van der Waals surface area contributed by atoms with Crippen LogP contribution in [-0.4, -0.2) is 16.5 Å². The quantitative estimate of drug-likeness (QED) is 0.921. The van der Waals surface area contributed by atoms with Gasteiger partial charge in [-0.3, -0.25) is 4.98 Å². The predicted octanol–water partition coefficient (Wildman–Crippen LogP) is 2.36. The van der Waals surface area contributed by atoms with E-state index < -0.39 is 11.6 Å². The van der Waals surface area contributed by atoms with E-state index in [1.807, 2.05) is 19.1 Å². The van der Waals surface area contributed by atoms with Crippen LogP contribution < -0.4 is 10.6 Å². The Bertz CT molecular complexity index is 560. The van der Waals surface area contributed by atoms with Crippen molar-refractivity contribution in [1.82, 2.24) is 9.97 Å². The molecular weight excluding hydrogens is 250 g/mol. The summed E-state index contributed by atoms with van der Waals surface area (Å²) in [6.07, 6.45) is 1.66. The molecule has 0 spiro atoms. The molecule has 0 aliphatic rings. The number of hydrogen-bond donors (Lipinski definition) is 1. The van der Waals surface area contributed by atoms with Gasteiger partial charge in [0.05, 0.1) is 12.2 Å². The molecule has 2 aromatic rings. The molecular formula is C13H14F2N4. The predicted molar refractivity (Wildman–Crippen MR) is 69.5 cm³/mol. The summed E-state index contributed by atoms with van der Waals surface area (Å²) in [6, 6.07) is 6.22. The van der Waals surface area contributed by atoms with Crippen molar-refractivity contribution in [1.29, 1.82) is 0 Å². The molecule has 6 heteroatoms. The monoisotopic (exact) mass is 264 g/mol. The van der Waals surface area contributed by atoms with Crippen LogP contribution in [0.5, 0.6) is 0 Å². The smallest absolute Gasteiger partial charge is 0.168 e. The van der Waals surface area contributed by atoms with E-state index in [1.165, 1.54) is 0 Å². The van der Waals surface area contributed by atoms with E-state index in [9.17, 15) is 8.78 Å². The highest BCUT2D eigenvalue weighted by atomic mass is 19.1. The van der Waals surface area contributed by atoms with Crippen molar-refractivity contribution in [3.63, 3.8) is 0 Å². The minimum Gasteiger partial charge on any atom is -0.381 e. The highest BCUT2D eigenvalue weighted by Crippen LogP contribution is 2.21. The Morgan fingerprint density at radius 2 is 2.05 bits per heavy atom. The van der Waals surface area contributed by atoms with E-state index >= 15 is 0 Å². The molecule has 0 aliphatic heterocycles. The van der Waals surface area contributed by atoms with Gasteiger partial charge >= 0.3 is 0 Å². The summed E-state index contributed by atoms with van der Waals surface area (Å²) in [6.45, 7) is 2.74. The van der Waals surface area contributed by atoms with Crippen molar-refractivity contribution in [2.24, 2.45) is 0 Å². The van der Waals surface area contributed by atoms with E-state index in [0.717, 1.165) is 11.8 Å². The molecule has 2 N–H and O–H groups in total. The van der Waals surface area contributed by atoms with Crippen molar-refractivity contribution in [2.45, 2.75) is 13.5 Å². The summed E-state index contributed by atoms with van der Waals surface area (Å²) in [7, 11) is 0. The molecule has 0 aliphatic carbocycles. The first-order valence-electron chi connectivity index (χ1n) is 5.88. The summed E-state index contributed by atoms with van der Waals surface area (Å²) in [5.41, 5.74) is 6.15. The number of rotatable bonds is 4. The Kier molecular flexibility index (Phi) is 3.89. The lowest BCUT2D eigenvalue weighted by atomic mass is 10.3. The maximum Gasteiger partial charge on any atom is 0.168 e. The van der Waals surface area contributed by atoms with Crippen LogP contribution in [0.15, 0.2) is 30.5 Å². The second-order valence-electron chi connectivity index (χ2n) is 4.00. The van der Waals surface area contributed by atoms with Crippen LogP contribution >= 0.6 is 0 Å². The van der Waals surface area contributed by atoms with Crippen LogP contribution in [0.1, 0.15) is 12.6 Å². The van der Waals surface area contributed by atoms with E-state index in [0.29, 0.717) is 13.1 Å². The van der Waals surface area contributed by atoms with Crippen molar-refractivity contribution < 1.29 is 8.78 Å². The van der Waals surface area contributed by atoms with Gasteiger partial charge in [-0.15, -0.1) is 0 Å². The van der Waals surface area contributed by atoms with Crippen LogP contribution in [0.25, 0.3) is 0 Å². The number of anilines is 2. The Hall–Kier alpha value is -2.24. The molecule has 0 radical (unpaired) electrons. The SMILES string of the molecule is CCN(Cc1ccccn1)c1nc(N)c(F)cc1F. The summed E-state index contributed by atoms with van der Waals surface area (Å²) >= 11 is 0. The van der Waals surface area contributed by atoms with Gasteiger partial charge in [0.1, 0.15) is 0 Å². The Balaban J connectivity index is 2.30. The molecule has 0 fully saturated rings. The molecule has 100 valence electrons. The largest absolute Gasteiger partial charge is 0.381 e. The fourth-order valence-corrected chi connectivity index (χ4v) is 1.72. The Morgan fingerprint density at radius 3 is 2.68 bits per heavy atom. The first-order valence-corrected chi connectivity index (χ1v) is 5.88. The first kappa shape index (κ1) is 13.2. The summed E-state index contributed by atoms with van der Waals surface area (Å²) in [4.78, 5) is 9.58. The van der Waals surface area contributed by atoms with Crippen molar-refractivity contribution in [3.05, 3.63) is 47.8 Å². The van der Waals surface area contributed by atoms with Gasteiger partial charge in [-0.2, -0.15) is 0 Å². The number of aromatic nitrogens is 2. The zero-order valence-corrected chi connectivity index (χ0v) is 10.5. The van der Waals surface area contributed by atoms with Crippen LogP contribution in [0, 0.1) is 11.6 Å². The van der Waals surface area contributed by atoms with Crippen molar-refractivity contribution >= 4 is 11.6 Å². The minimum atomic E-state index is -0.852. The third kappa shape index (κ3) is 2.96. The molecule has 2 rings (SSSR count). The highest BCUT2D eigenvalue weighted by molar-refractivity contribution is 5.47. The fraction of sp³-hybridized carbons (Fsp3) is 0.231. The number of hydrogen-bond acceptors (Lipinski definition) is 4. The van der Waals surface area contributed by atoms with Crippen LogP contribution in [-0.2, 0) is 6.54 Å². The van der Waals surface area contributed by atoms with Crippen LogP contribution in [0.3, 0.4) is 0 Å². The average molecular weight is 264 g/mol. The molecule has 2 aromatic heterocycles. The number of nitrogen functional groups attached to an aromatic ring is 1. The highest BCUT2D eigenvalue weighted by Gasteiger charge is 2.16. The fourth-order valence-electron chi connectivity index (χ4n) is 1.72. The molecule has 0 saturated heterocycles. The number of pyridine rings is 2. The van der Waals surface area contributed by atoms with Gasteiger partial charge in [0.15, 0.2) is 23.3 Å². The lowest BCUT2D eigenvalue weighted by molar-refractivity contribution is 0.570. The lowest BCUT2D eigenvalue weighted by Crippen LogP contribution is -2.25. The van der Waals surface area contributed by atoms with Gasteiger partial charge in [0, 0.05) is 18.8 Å². The molecule has 0 bridgehead atoms. The standard InChI is InChI=1S/C13H14F2N4/c1-2-19(8-9-5-3-4-6-17-9)13-11(15)7-10(14)12(16)18-13/h3-7H,2,8H2,1H3,(H2,16,18). The molecule has 0 aromatic carbocycles. The third-order valence-corrected chi connectivity index (χ3v) is 2.70. The lowest BCUT2D eigenvalue weighted by Gasteiger charge is -2.22. The average Bonchev–Trinajstić information content (AvgIpc) is 2.42. The second-order valence-corrected chi connectivity index (χ2v) is 4.00. The van der Waals surface area contributed by atoms with E-state index in [4.69, 9.17) is 5.73 Å². The Morgan fingerprint density at radius 1 is 1.26 bits per heavy atom. The summed E-state index contributed by atoms with van der Waals surface area (Å²) < 4.78 is 26.8. The second kappa shape index (κ2) is 5.60. The molecule has 2 heterocycles. The molecule has 0 unspecified atom stereocenters. The topological polar surface area (TPSA) is 55.0 Å². The number of nitrogens with zero attached hydrogens (tertiary/aromatic N) is 3. The van der Waals surface area contributed by atoms with Crippen LogP contribution in [0.4, 0.5) is 20.4 Å². The zero-order valence-electron chi connectivity index (χ0n) is 10.5.